The van der Waals surface area contributed by atoms with Crippen molar-refractivity contribution in [2.75, 3.05) is 17.2 Å². The number of benzene rings is 1. The second-order valence-electron chi connectivity index (χ2n) is 3.68. The lowest BCUT2D eigenvalue weighted by Crippen LogP contribution is -2.03. The Balaban J connectivity index is 2.57. The van der Waals surface area contributed by atoms with Gasteiger partial charge in [0.2, 0.25) is 0 Å². The summed E-state index contributed by atoms with van der Waals surface area (Å²) in [6, 6.07) is 0. The number of rotatable bonds is 1. The molecule has 0 atom stereocenters. The molecule has 0 spiro atoms. The minimum atomic E-state index is 0.483. The summed E-state index contributed by atoms with van der Waals surface area (Å²) in [6.45, 7) is 0. The van der Waals surface area contributed by atoms with Crippen LogP contribution in [0.25, 0.3) is 0 Å². The molecule has 2 nitrogen and oxygen atoms in total. The van der Waals surface area contributed by atoms with E-state index in [-0.39, 0.29) is 0 Å². The zero-order chi connectivity index (χ0) is 13.3. The average molecular weight is 333 g/mol. The molecule has 0 saturated heterocycles. The second-order valence-corrected chi connectivity index (χ2v) is 6.50. The minimum Gasteiger partial charge on any atom is -0.397 e. The molecule has 1 aliphatic rings. The van der Waals surface area contributed by atoms with Gasteiger partial charge in [-0.25, -0.2) is 0 Å². The normalized spacial score (nSPS) is 17.4. The Kier molecular flexibility index (Phi) is 4.93. The average Bonchev–Trinajstić information content (AvgIpc) is 2.40. The van der Waals surface area contributed by atoms with Crippen molar-refractivity contribution < 1.29 is 0 Å². The van der Waals surface area contributed by atoms with Crippen LogP contribution in [-0.4, -0.2) is 17.2 Å². The molecular formula is C11H12N2S5. The summed E-state index contributed by atoms with van der Waals surface area (Å²) in [4.78, 5) is 7.04. The van der Waals surface area contributed by atoms with Gasteiger partial charge in [-0.1, -0.05) is 6.08 Å². The van der Waals surface area contributed by atoms with Crippen LogP contribution in [0.15, 0.2) is 36.7 Å². The zero-order valence-electron chi connectivity index (χ0n) is 9.29. The van der Waals surface area contributed by atoms with Crippen LogP contribution in [0.5, 0.6) is 0 Å². The molecule has 1 heterocycles. The molecule has 0 aromatic heterocycles. The molecule has 1 aromatic carbocycles. The van der Waals surface area contributed by atoms with Gasteiger partial charge >= 0.3 is 0 Å². The molecule has 2 rings (SSSR count). The van der Waals surface area contributed by atoms with Crippen molar-refractivity contribution in [3.63, 3.8) is 0 Å². The number of aliphatic imine (C=N–C) groups is 1. The Labute approximate surface area is 133 Å². The molecule has 1 aromatic rings. The Morgan fingerprint density at radius 3 is 2.39 bits per heavy atom. The van der Waals surface area contributed by atoms with E-state index in [1.54, 1.807) is 0 Å². The predicted octanol–water partition coefficient (Wildman–Crippen LogP) is 3.80. The standard InChI is InChI=1S/C11H12N2S5/c12-6-8(14)7(10(16)11(17)9(6)15)13-5-2-1-3-18-4-5/h1-2,14-17H,3-4,12H2. The largest absolute Gasteiger partial charge is 0.397 e. The van der Waals surface area contributed by atoms with Gasteiger partial charge < -0.3 is 5.73 Å². The van der Waals surface area contributed by atoms with Gasteiger partial charge in [0.15, 0.2) is 0 Å². The molecule has 0 bridgehead atoms. The fourth-order valence-electron chi connectivity index (χ4n) is 1.49. The van der Waals surface area contributed by atoms with Crippen molar-refractivity contribution in [3.8, 4) is 0 Å². The molecule has 0 saturated carbocycles. The molecule has 18 heavy (non-hydrogen) atoms. The van der Waals surface area contributed by atoms with Crippen molar-refractivity contribution in [2.45, 2.75) is 19.6 Å². The Bertz CT molecular complexity index is 522. The van der Waals surface area contributed by atoms with E-state index in [0.717, 1.165) is 17.2 Å². The van der Waals surface area contributed by atoms with E-state index >= 15 is 0 Å². The Morgan fingerprint density at radius 2 is 1.78 bits per heavy atom. The van der Waals surface area contributed by atoms with Crippen molar-refractivity contribution >= 4 is 79.4 Å². The van der Waals surface area contributed by atoms with Gasteiger partial charge in [0.1, 0.15) is 0 Å². The van der Waals surface area contributed by atoms with Crippen molar-refractivity contribution in [2.24, 2.45) is 4.99 Å². The van der Waals surface area contributed by atoms with Crippen LogP contribution >= 0.6 is 62.3 Å². The molecule has 7 heteroatoms. The number of allylic oxidation sites excluding steroid dienone is 1. The smallest absolute Gasteiger partial charge is 0.0932 e. The van der Waals surface area contributed by atoms with Crippen molar-refractivity contribution in [1.82, 2.24) is 0 Å². The van der Waals surface area contributed by atoms with Crippen molar-refractivity contribution in [1.29, 1.82) is 0 Å². The maximum atomic E-state index is 5.93. The van der Waals surface area contributed by atoms with Gasteiger partial charge in [0.05, 0.1) is 22.0 Å². The van der Waals surface area contributed by atoms with E-state index in [0.29, 0.717) is 31.0 Å². The second kappa shape index (κ2) is 6.09. The molecular weight excluding hydrogens is 320 g/mol. The molecule has 0 fully saturated rings. The first-order valence-corrected chi connectivity index (χ1v) is 8.04. The van der Waals surface area contributed by atoms with Crippen LogP contribution in [0, 0.1) is 0 Å². The van der Waals surface area contributed by atoms with Crippen LogP contribution < -0.4 is 5.73 Å². The number of nitrogen functional groups attached to an aromatic ring is 1. The summed E-state index contributed by atoms with van der Waals surface area (Å²) in [7, 11) is 0. The monoisotopic (exact) mass is 332 g/mol. The van der Waals surface area contributed by atoms with E-state index in [1.807, 2.05) is 17.8 Å². The number of anilines is 1. The van der Waals surface area contributed by atoms with E-state index in [1.165, 1.54) is 0 Å². The molecule has 0 unspecified atom stereocenters. The highest BCUT2D eigenvalue weighted by Gasteiger charge is 2.15. The number of nitrogens with zero attached hydrogens (tertiary/aromatic N) is 1. The summed E-state index contributed by atoms with van der Waals surface area (Å²) < 4.78 is 0. The maximum absolute atomic E-state index is 5.93. The maximum Gasteiger partial charge on any atom is 0.0932 e. The van der Waals surface area contributed by atoms with Gasteiger partial charge in [0, 0.05) is 26.2 Å². The van der Waals surface area contributed by atoms with E-state index in [4.69, 9.17) is 5.73 Å². The number of thiol groups is 4. The minimum absolute atomic E-state index is 0.483. The van der Waals surface area contributed by atoms with Crippen LogP contribution in [-0.2, 0) is 0 Å². The zero-order valence-corrected chi connectivity index (χ0v) is 13.7. The van der Waals surface area contributed by atoms with Gasteiger partial charge in [0.25, 0.3) is 0 Å². The lowest BCUT2D eigenvalue weighted by molar-refractivity contribution is 1.09. The first kappa shape index (κ1) is 14.6. The first-order valence-electron chi connectivity index (χ1n) is 5.09. The third-order valence-corrected chi connectivity index (χ3v) is 5.52. The number of nitrogens with two attached hydrogens (primary N) is 1. The fraction of sp³-hybridized carbons (Fsp3) is 0.182. The topological polar surface area (TPSA) is 38.4 Å². The summed E-state index contributed by atoms with van der Waals surface area (Å²) >= 11 is 19.3. The van der Waals surface area contributed by atoms with Crippen LogP contribution in [0.2, 0.25) is 0 Å². The van der Waals surface area contributed by atoms with Crippen LogP contribution in [0.1, 0.15) is 0 Å². The first-order chi connectivity index (χ1) is 8.52. The third kappa shape index (κ3) is 2.85. The van der Waals surface area contributed by atoms with E-state index < -0.39 is 0 Å². The lowest BCUT2D eigenvalue weighted by atomic mass is 10.2. The van der Waals surface area contributed by atoms with Gasteiger partial charge in [-0.2, -0.15) is 11.8 Å². The van der Waals surface area contributed by atoms with E-state index in [9.17, 15) is 0 Å². The molecule has 2 N–H and O–H groups in total. The van der Waals surface area contributed by atoms with Gasteiger partial charge in [-0.15, -0.1) is 50.5 Å². The lowest BCUT2D eigenvalue weighted by Gasteiger charge is -2.14. The molecule has 0 aliphatic carbocycles. The Hall–Kier alpha value is 0.180. The summed E-state index contributed by atoms with van der Waals surface area (Å²) in [6.07, 6.45) is 4.10. The molecule has 0 amide bonds. The summed E-state index contributed by atoms with van der Waals surface area (Å²) in [5.74, 6) is 1.90. The third-order valence-electron chi connectivity index (χ3n) is 2.44. The summed E-state index contributed by atoms with van der Waals surface area (Å²) in [5.41, 5.74) is 8.05. The van der Waals surface area contributed by atoms with Gasteiger partial charge in [-0.05, 0) is 6.08 Å². The SMILES string of the molecule is Nc1c(S)c(S)c(S)c(N=C2C=CCSC2)c1S. The van der Waals surface area contributed by atoms with Crippen molar-refractivity contribution in [3.05, 3.63) is 12.2 Å². The number of hydrogen-bond donors (Lipinski definition) is 5. The highest BCUT2D eigenvalue weighted by molar-refractivity contribution is 8.00. The molecule has 1 aliphatic heterocycles. The highest BCUT2D eigenvalue weighted by Crippen LogP contribution is 2.44. The number of thioether (sulfide) groups is 1. The van der Waals surface area contributed by atoms with Crippen LogP contribution in [0.3, 0.4) is 0 Å². The molecule has 0 radical (unpaired) electrons. The highest BCUT2D eigenvalue weighted by atomic mass is 32.2. The van der Waals surface area contributed by atoms with Gasteiger partial charge in [-0.3, -0.25) is 4.99 Å². The number of hydrogen-bond acceptors (Lipinski definition) is 7. The quantitative estimate of drug-likeness (QED) is 0.401. The van der Waals surface area contributed by atoms with Crippen LogP contribution in [0.4, 0.5) is 11.4 Å². The molecule has 96 valence electrons. The van der Waals surface area contributed by atoms with E-state index in [2.05, 4.69) is 61.6 Å². The fourth-order valence-corrected chi connectivity index (χ4v) is 3.47. The Morgan fingerprint density at radius 1 is 1.06 bits per heavy atom. The predicted molar refractivity (Wildman–Crippen MR) is 93.4 cm³/mol. The summed E-state index contributed by atoms with van der Waals surface area (Å²) in [5, 5.41) is 0.